The van der Waals surface area contributed by atoms with Crippen molar-refractivity contribution < 1.29 is 9.59 Å². The molecule has 0 saturated carbocycles. The molecule has 1 saturated heterocycles. The molecule has 0 radical (unpaired) electrons. The van der Waals surface area contributed by atoms with Crippen LogP contribution in [0.5, 0.6) is 0 Å². The number of nitrogens with zero attached hydrogens (tertiary/aromatic N) is 2. The van der Waals surface area contributed by atoms with Gasteiger partial charge in [0.15, 0.2) is 0 Å². The highest BCUT2D eigenvalue weighted by Gasteiger charge is 2.36. The van der Waals surface area contributed by atoms with E-state index in [0.717, 1.165) is 32.2 Å². The highest BCUT2D eigenvalue weighted by Crippen LogP contribution is 2.32. The Morgan fingerprint density at radius 3 is 2.68 bits per heavy atom. The van der Waals surface area contributed by atoms with Gasteiger partial charge in [-0.15, -0.1) is 0 Å². The Morgan fingerprint density at radius 2 is 1.97 bits per heavy atom. The average Bonchev–Trinajstić information content (AvgIpc) is 2.71. The second-order valence-electron chi connectivity index (χ2n) is 7.86. The van der Waals surface area contributed by atoms with E-state index in [1.165, 1.54) is 0 Å². The third kappa shape index (κ3) is 4.55. The van der Waals surface area contributed by atoms with Crippen LogP contribution in [0.15, 0.2) is 23.0 Å². The van der Waals surface area contributed by atoms with Gasteiger partial charge in [0.25, 0.3) is 5.56 Å². The van der Waals surface area contributed by atoms with E-state index >= 15 is 0 Å². The summed E-state index contributed by atoms with van der Waals surface area (Å²) < 4.78 is 0. The van der Waals surface area contributed by atoms with Gasteiger partial charge in [0.2, 0.25) is 17.8 Å². The zero-order chi connectivity index (χ0) is 22.1. The molecule has 2 aliphatic rings. The van der Waals surface area contributed by atoms with Crippen molar-refractivity contribution in [2.45, 2.75) is 51.0 Å². The number of rotatable bonds is 4. The highest BCUT2D eigenvalue weighted by atomic mass is 35.5. The fourth-order valence-corrected chi connectivity index (χ4v) is 4.80. The van der Waals surface area contributed by atoms with Crippen LogP contribution in [0.4, 0.5) is 17.5 Å². The molecule has 0 bridgehead atoms. The number of amides is 2. The molecule has 4 rings (SSSR count). The van der Waals surface area contributed by atoms with E-state index in [1.807, 2.05) is 0 Å². The number of fused-ring (bicyclic) bond motifs is 1. The predicted molar refractivity (Wildman–Crippen MR) is 121 cm³/mol. The van der Waals surface area contributed by atoms with Gasteiger partial charge in [0.05, 0.1) is 11.5 Å². The van der Waals surface area contributed by atoms with Crippen molar-refractivity contribution in [3.63, 3.8) is 0 Å². The Bertz CT molecular complexity index is 1070. The van der Waals surface area contributed by atoms with Crippen LogP contribution >= 0.6 is 23.2 Å². The van der Waals surface area contributed by atoms with Crippen LogP contribution in [0.3, 0.4) is 0 Å². The number of piperidine rings is 1. The second-order valence-corrected chi connectivity index (χ2v) is 8.73. The van der Waals surface area contributed by atoms with E-state index < -0.39 is 17.4 Å². The summed E-state index contributed by atoms with van der Waals surface area (Å²) in [5, 5.41) is 6.08. The van der Waals surface area contributed by atoms with Crippen molar-refractivity contribution >= 4 is 52.5 Å². The minimum absolute atomic E-state index is 0.139. The molecule has 8 nitrogen and oxygen atoms in total. The van der Waals surface area contributed by atoms with Crippen molar-refractivity contribution in [1.82, 2.24) is 9.97 Å². The lowest BCUT2D eigenvalue weighted by Gasteiger charge is -2.36. The van der Waals surface area contributed by atoms with Gasteiger partial charge >= 0.3 is 0 Å². The first-order valence-electron chi connectivity index (χ1n) is 10.3. The van der Waals surface area contributed by atoms with Gasteiger partial charge in [0.1, 0.15) is 5.82 Å². The smallest absolute Gasteiger partial charge is 0.258 e. The number of halogens is 2. The van der Waals surface area contributed by atoms with E-state index in [0.29, 0.717) is 21.7 Å². The zero-order valence-electron chi connectivity index (χ0n) is 17.0. The lowest BCUT2D eigenvalue weighted by Crippen LogP contribution is -2.43. The highest BCUT2D eigenvalue weighted by molar-refractivity contribution is 6.35. The average molecular weight is 464 g/mol. The largest absolute Gasteiger partial charge is 0.339 e. The summed E-state index contributed by atoms with van der Waals surface area (Å²) in [5.74, 6) is -1.28. The van der Waals surface area contributed by atoms with E-state index in [2.05, 4.69) is 32.4 Å². The van der Waals surface area contributed by atoms with Crippen molar-refractivity contribution in [3.05, 3.63) is 44.2 Å². The fourth-order valence-electron chi connectivity index (χ4n) is 4.28. The van der Waals surface area contributed by atoms with Crippen LogP contribution in [0.1, 0.15) is 50.5 Å². The first-order chi connectivity index (χ1) is 14.9. The molecule has 2 aromatic rings. The molecule has 2 aliphatic heterocycles. The lowest BCUT2D eigenvalue weighted by atomic mass is 9.92. The molecule has 31 heavy (non-hydrogen) atoms. The van der Waals surface area contributed by atoms with Crippen molar-refractivity contribution in [3.8, 4) is 0 Å². The molecule has 1 aromatic carbocycles. The molecule has 3 N–H and O–H groups in total. The summed E-state index contributed by atoms with van der Waals surface area (Å²) in [6, 6.07) is 4.91. The van der Waals surface area contributed by atoms with Gasteiger partial charge < -0.3 is 15.5 Å². The molecule has 2 atom stereocenters. The normalized spacial score (nSPS) is 20.7. The Morgan fingerprint density at radius 1 is 1.23 bits per heavy atom. The van der Waals surface area contributed by atoms with Crippen LogP contribution < -0.4 is 21.1 Å². The van der Waals surface area contributed by atoms with Crippen LogP contribution in [0, 0.1) is 0 Å². The van der Waals surface area contributed by atoms with Gasteiger partial charge in [-0.05, 0) is 43.9 Å². The van der Waals surface area contributed by atoms with Gasteiger partial charge in [0, 0.05) is 34.7 Å². The molecular formula is C21H23Cl2N5O3. The molecule has 2 amide bonds. The number of benzene rings is 1. The maximum Gasteiger partial charge on any atom is 0.258 e. The summed E-state index contributed by atoms with van der Waals surface area (Å²) in [5.41, 5.74) is 0.110. The Hall–Kier alpha value is -2.58. The summed E-state index contributed by atoms with van der Waals surface area (Å²) in [7, 11) is 0. The van der Waals surface area contributed by atoms with Crippen molar-refractivity contribution in [1.29, 1.82) is 0 Å². The fraction of sp³-hybridized carbons (Fsp3) is 0.429. The number of aromatic nitrogens is 2. The minimum atomic E-state index is -0.977. The Labute approximate surface area is 189 Å². The van der Waals surface area contributed by atoms with E-state index in [9.17, 15) is 14.4 Å². The second kappa shape index (κ2) is 8.88. The number of hydrogen-bond acceptors (Lipinski definition) is 5. The molecule has 164 valence electrons. The van der Waals surface area contributed by atoms with Gasteiger partial charge in [-0.1, -0.05) is 30.1 Å². The number of H-pyrrole nitrogens is 1. The summed E-state index contributed by atoms with van der Waals surface area (Å²) in [6.07, 6.45) is 3.95. The predicted octanol–water partition coefficient (Wildman–Crippen LogP) is 3.91. The molecule has 1 fully saturated rings. The monoisotopic (exact) mass is 463 g/mol. The summed E-state index contributed by atoms with van der Waals surface area (Å²) >= 11 is 12.0. The van der Waals surface area contributed by atoms with Crippen LogP contribution in [-0.2, 0) is 9.59 Å². The van der Waals surface area contributed by atoms with Gasteiger partial charge in [-0.25, -0.2) is 0 Å². The van der Waals surface area contributed by atoms with Crippen LogP contribution in [0.2, 0.25) is 10.0 Å². The number of anilines is 3. The van der Waals surface area contributed by atoms with Gasteiger partial charge in [-0.2, -0.15) is 4.98 Å². The maximum atomic E-state index is 13.0. The molecule has 10 heteroatoms. The van der Waals surface area contributed by atoms with E-state index in [4.69, 9.17) is 23.2 Å². The number of nitrogens with one attached hydrogen (secondary N) is 3. The number of aromatic amines is 1. The topological polar surface area (TPSA) is 107 Å². The Balaban J connectivity index is 1.66. The number of carbonyl (C=O) groups is 2. The molecule has 0 spiro atoms. The number of carbonyl (C=O) groups excluding carboxylic acids is 2. The zero-order valence-corrected chi connectivity index (χ0v) is 18.5. The van der Waals surface area contributed by atoms with Gasteiger partial charge in [-0.3, -0.25) is 19.4 Å². The standard InChI is InChI=1S/C21H23Cl2N5O3/c1-2-14-5-3-4-6-28(14)21-26-18-17(20(31)27-21)15(10-16(29)25-18)19(30)24-13-8-11(22)7-12(23)9-13/h7-9,14-15H,2-6,10H2,1H3,(H,24,30)(H2,25,26,27,29,31)/t14-,15+/m1/s1. The number of hydrogen-bond donors (Lipinski definition) is 3. The van der Waals surface area contributed by atoms with E-state index in [1.54, 1.807) is 18.2 Å². The van der Waals surface area contributed by atoms with Crippen LogP contribution in [0.25, 0.3) is 0 Å². The molecular weight excluding hydrogens is 441 g/mol. The lowest BCUT2D eigenvalue weighted by molar-refractivity contribution is -0.123. The molecule has 0 unspecified atom stereocenters. The molecule has 0 aliphatic carbocycles. The third-order valence-corrected chi connectivity index (χ3v) is 6.19. The van der Waals surface area contributed by atoms with Crippen molar-refractivity contribution in [2.75, 3.05) is 22.1 Å². The minimum Gasteiger partial charge on any atom is -0.339 e. The summed E-state index contributed by atoms with van der Waals surface area (Å²) in [6.45, 7) is 2.89. The maximum absolute atomic E-state index is 13.0. The quantitative estimate of drug-likeness (QED) is 0.636. The first kappa shape index (κ1) is 21.6. The Kier molecular flexibility index (Phi) is 6.20. The molecule has 3 heterocycles. The SMILES string of the molecule is CC[C@@H]1CCCCN1c1nc2c(c(=O)[nH]1)[C@@H](C(=O)Nc1cc(Cl)cc(Cl)c1)CC(=O)N2. The summed E-state index contributed by atoms with van der Waals surface area (Å²) in [4.78, 5) is 47.7. The van der Waals surface area contributed by atoms with Crippen LogP contribution in [-0.4, -0.2) is 34.4 Å². The van der Waals surface area contributed by atoms with Crippen molar-refractivity contribution in [2.24, 2.45) is 0 Å². The third-order valence-electron chi connectivity index (χ3n) is 5.76. The van der Waals surface area contributed by atoms with E-state index in [-0.39, 0.29) is 29.8 Å². The first-order valence-corrected chi connectivity index (χ1v) is 11.1. The molecule has 1 aromatic heterocycles.